The van der Waals surface area contributed by atoms with Crippen molar-refractivity contribution in [2.45, 2.75) is 102 Å². The van der Waals surface area contributed by atoms with Crippen LogP contribution in [0.3, 0.4) is 0 Å². The van der Waals surface area contributed by atoms with Gasteiger partial charge < -0.3 is 18.9 Å². The van der Waals surface area contributed by atoms with Crippen molar-refractivity contribution in [1.29, 1.82) is 0 Å². The summed E-state index contributed by atoms with van der Waals surface area (Å²) in [5.41, 5.74) is 2.87. The summed E-state index contributed by atoms with van der Waals surface area (Å²) in [6, 6.07) is 0. The van der Waals surface area contributed by atoms with Gasteiger partial charge in [-0.1, -0.05) is 62.8 Å². The molecule has 2 atom stereocenters. The molecule has 4 heteroatoms. The van der Waals surface area contributed by atoms with Gasteiger partial charge in [0.25, 0.3) is 0 Å². The van der Waals surface area contributed by atoms with Gasteiger partial charge in [-0.15, -0.1) is 0 Å². The quantitative estimate of drug-likeness (QED) is 0.636. The standard InChI is InChI=1S/C22H34O4/c1-3-5-7-19-15-23-21(25-19)11-17(12-21)9-10-18-13-22(14-18)24-16-20(26-22)8-6-4-2/h9-10,19-20H,3-8,11-16H2,1-2H3. The van der Waals surface area contributed by atoms with Crippen molar-refractivity contribution in [1.82, 2.24) is 0 Å². The number of allylic oxidation sites excluding steroid dienone is 2. The first-order chi connectivity index (χ1) is 12.6. The highest BCUT2D eigenvalue weighted by atomic mass is 16.8. The zero-order valence-electron chi connectivity index (χ0n) is 16.4. The van der Waals surface area contributed by atoms with Gasteiger partial charge in [0, 0.05) is 25.7 Å². The summed E-state index contributed by atoms with van der Waals surface area (Å²) in [5.74, 6) is -0.596. The Hall–Kier alpha value is -0.680. The lowest BCUT2D eigenvalue weighted by molar-refractivity contribution is -0.194. The second kappa shape index (κ2) is 7.75. The van der Waals surface area contributed by atoms with E-state index in [2.05, 4.69) is 26.0 Å². The molecule has 4 nitrogen and oxygen atoms in total. The highest BCUT2D eigenvalue weighted by Gasteiger charge is 2.50. The molecule has 2 unspecified atom stereocenters. The van der Waals surface area contributed by atoms with E-state index in [0.29, 0.717) is 12.2 Å². The third kappa shape index (κ3) is 3.94. The summed E-state index contributed by atoms with van der Waals surface area (Å²) in [6.45, 7) is 5.98. The third-order valence-electron chi connectivity index (χ3n) is 6.13. The minimum absolute atomic E-state index is 0.298. The van der Waals surface area contributed by atoms with Crippen LogP contribution in [0, 0.1) is 0 Å². The molecule has 0 amide bonds. The largest absolute Gasteiger partial charge is 0.347 e. The Labute approximate surface area is 157 Å². The van der Waals surface area contributed by atoms with Gasteiger partial charge in [0.15, 0.2) is 11.6 Å². The first-order valence-corrected chi connectivity index (χ1v) is 10.7. The number of hydrogen-bond acceptors (Lipinski definition) is 4. The van der Waals surface area contributed by atoms with Crippen LogP contribution >= 0.6 is 0 Å². The van der Waals surface area contributed by atoms with Crippen molar-refractivity contribution >= 4 is 0 Å². The van der Waals surface area contributed by atoms with Gasteiger partial charge in [-0.25, -0.2) is 0 Å². The molecule has 146 valence electrons. The Morgan fingerprint density at radius 3 is 1.58 bits per heavy atom. The van der Waals surface area contributed by atoms with Crippen LogP contribution in [0.25, 0.3) is 0 Å². The SMILES string of the molecule is CCCCC1COC2(CC(=CC=C3CC4(C3)OCC(CCCC)O4)C2)O1. The van der Waals surface area contributed by atoms with Crippen molar-refractivity contribution in [2.24, 2.45) is 0 Å². The number of ether oxygens (including phenoxy) is 4. The van der Waals surface area contributed by atoms with E-state index in [-0.39, 0.29) is 11.6 Å². The van der Waals surface area contributed by atoms with E-state index in [0.717, 1.165) is 51.7 Å². The van der Waals surface area contributed by atoms with Crippen molar-refractivity contribution in [3.05, 3.63) is 23.3 Å². The molecule has 0 aromatic heterocycles. The van der Waals surface area contributed by atoms with Crippen LogP contribution in [0.15, 0.2) is 23.3 Å². The maximum atomic E-state index is 6.16. The summed E-state index contributed by atoms with van der Waals surface area (Å²) in [6.07, 6.45) is 16.0. The Kier molecular flexibility index (Phi) is 5.56. The van der Waals surface area contributed by atoms with Crippen LogP contribution in [0.1, 0.15) is 78.1 Å². The molecule has 2 aliphatic carbocycles. The van der Waals surface area contributed by atoms with Crippen LogP contribution in [0.4, 0.5) is 0 Å². The first kappa shape index (κ1) is 18.7. The molecule has 4 rings (SSSR count). The molecule has 2 spiro atoms. The highest BCUT2D eigenvalue weighted by Crippen LogP contribution is 2.48. The molecule has 2 saturated heterocycles. The molecule has 0 aromatic rings. The van der Waals surface area contributed by atoms with E-state index in [9.17, 15) is 0 Å². The molecule has 2 aliphatic heterocycles. The molecular weight excluding hydrogens is 328 g/mol. The van der Waals surface area contributed by atoms with Crippen LogP contribution in [-0.4, -0.2) is 37.0 Å². The van der Waals surface area contributed by atoms with E-state index < -0.39 is 0 Å². The molecule has 0 radical (unpaired) electrons. The Morgan fingerprint density at radius 2 is 1.19 bits per heavy atom. The number of hydrogen-bond donors (Lipinski definition) is 0. The Morgan fingerprint density at radius 1 is 0.769 bits per heavy atom. The average molecular weight is 363 g/mol. The fourth-order valence-corrected chi connectivity index (χ4v) is 4.50. The molecular formula is C22H34O4. The fraction of sp³-hybridized carbons (Fsp3) is 0.818. The van der Waals surface area contributed by atoms with Crippen LogP contribution in [0.5, 0.6) is 0 Å². The first-order valence-electron chi connectivity index (χ1n) is 10.7. The Bertz CT molecular complexity index is 498. The monoisotopic (exact) mass is 362 g/mol. The van der Waals surface area contributed by atoms with Gasteiger partial charge in [0.05, 0.1) is 25.4 Å². The average Bonchev–Trinajstić information content (AvgIpc) is 3.19. The zero-order valence-corrected chi connectivity index (χ0v) is 16.4. The molecule has 0 bridgehead atoms. The molecule has 2 heterocycles. The van der Waals surface area contributed by atoms with Gasteiger partial charge >= 0.3 is 0 Å². The van der Waals surface area contributed by atoms with Crippen molar-refractivity contribution in [2.75, 3.05) is 13.2 Å². The van der Waals surface area contributed by atoms with E-state index in [1.165, 1.54) is 36.8 Å². The molecule has 2 saturated carbocycles. The van der Waals surface area contributed by atoms with Gasteiger partial charge in [0.1, 0.15) is 0 Å². The van der Waals surface area contributed by atoms with Gasteiger partial charge in [-0.3, -0.25) is 0 Å². The van der Waals surface area contributed by atoms with Gasteiger partial charge in [-0.05, 0) is 12.8 Å². The molecule has 4 aliphatic rings. The van der Waals surface area contributed by atoms with Crippen molar-refractivity contribution in [3.8, 4) is 0 Å². The van der Waals surface area contributed by atoms with Gasteiger partial charge in [-0.2, -0.15) is 0 Å². The molecule has 0 aromatic carbocycles. The van der Waals surface area contributed by atoms with E-state index in [4.69, 9.17) is 18.9 Å². The zero-order chi connectivity index (χ0) is 18.0. The smallest absolute Gasteiger partial charge is 0.176 e. The van der Waals surface area contributed by atoms with Gasteiger partial charge in [0.2, 0.25) is 0 Å². The van der Waals surface area contributed by atoms with Crippen LogP contribution < -0.4 is 0 Å². The summed E-state index contributed by atoms with van der Waals surface area (Å²) < 4.78 is 24.2. The predicted molar refractivity (Wildman–Crippen MR) is 101 cm³/mol. The summed E-state index contributed by atoms with van der Waals surface area (Å²) in [4.78, 5) is 0. The van der Waals surface area contributed by atoms with Crippen molar-refractivity contribution < 1.29 is 18.9 Å². The predicted octanol–water partition coefficient (Wildman–Crippen LogP) is 5.03. The van der Waals surface area contributed by atoms with E-state index in [1.54, 1.807) is 0 Å². The number of rotatable bonds is 7. The molecule has 4 fully saturated rings. The molecule has 26 heavy (non-hydrogen) atoms. The van der Waals surface area contributed by atoms with Crippen LogP contribution in [0.2, 0.25) is 0 Å². The van der Waals surface area contributed by atoms with E-state index >= 15 is 0 Å². The lowest BCUT2D eigenvalue weighted by Gasteiger charge is -2.40. The molecule has 0 N–H and O–H groups in total. The summed E-state index contributed by atoms with van der Waals surface area (Å²) >= 11 is 0. The van der Waals surface area contributed by atoms with Crippen LogP contribution in [-0.2, 0) is 18.9 Å². The minimum Gasteiger partial charge on any atom is -0.347 e. The second-order valence-corrected chi connectivity index (χ2v) is 8.56. The summed E-state index contributed by atoms with van der Waals surface area (Å²) in [7, 11) is 0. The topological polar surface area (TPSA) is 36.9 Å². The number of unbranched alkanes of at least 4 members (excludes halogenated alkanes) is 2. The normalized spacial score (nSPS) is 38.7. The fourth-order valence-electron chi connectivity index (χ4n) is 4.50. The van der Waals surface area contributed by atoms with Crippen molar-refractivity contribution in [3.63, 3.8) is 0 Å². The van der Waals surface area contributed by atoms with E-state index in [1.807, 2.05) is 0 Å². The maximum absolute atomic E-state index is 6.16. The minimum atomic E-state index is -0.298. The lowest BCUT2D eigenvalue weighted by Crippen LogP contribution is -2.41. The highest BCUT2D eigenvalue weighted by molar-refractivity contribution is 5.30. The Balaban J connectivity index is 1.19. The third-order valence-corrected chi connectivity index (χ3v) is 6.13. The lowest BCUT2D eigenvalue weighted by atomic mass is 9.81. The maximum Gasteiger partial charge on any atom is 0.176 e. The second-order valence-electron chi connectivity index (χ2n) is 8.56. The summed E-state index contributed by atoms with van der Waals surface area (Å²) in [5, 5.41) is 0.